The first-order valence-electron chi connectivity index (χ1n) is 2.83. The van der Waals surface area contributed by atoms with Crippen LogP contribution in [0.25, 0.3) is 0 Å². The van der Waals surface area contributed by atoms with Gasteiger partial charge in [-0.3, -0.25) is 0 Å². The minimum atomic E-state index is -2.19. The van der Waals surface area contributed by atoms with Crippen LogP contribution in [0.5, 0.6) is 0 Å². The fourth-order valence-electron chi connectivity index (χ4n) is 0. The monoisotopic (exact) mass is 862 g/mol. The molecule has 0 bridgehead atoms. The van der Waals surface area contributed by atoms with E-state index < -0.39 is 94.2 Å². The van der Waals surface area contributed by atoms with Gasteiger partial charge in [-0.05, 0) is 0 Å². The van der Waals surface area contributed by atoms with Crippen molar-refractivity contribution in [1.82, 2.24) is 0 Å². The SMILES string of the molecule is [B+3].[Bi+3].[O]=[GeH][O-].[O]=[GeH][O-].[O]=[GeH][O-].[O]=[GeH][O-].[O]=[GeH][O-].[O]=[GeH][O-]. The Bertz CT molecular complexity index is 119. The van der Waals surface area contributed by atoms with Gasteiger partial charge in [-0.25, -0.2) is 0 Å². The fraction of sp³-hybridized carbons (Fsp3) is 0. The van der Waals surface area contributed by atoms with Crippen molar-refractivity contribution in [3.63, 3.8) is 0 Å². The van der Waals surface area contributed by atoms with E-state index in [0.717, 1.165) is 0 Å². The van der Waals surface area contributed by atoms with Crippen molar-refractivity contribution in [1.29, 1.82) is 0 Å². The molecule has 0 fully saturated rings. The molecule has 0 N–H and O–H groups in total. The molecule has 0 unspecified atom stereocenters. The molecule has 110 valence electrons. The Morgan fingerprint density at radius 1 is 0.400 bits per heavy atom. The summed E-state index contributed by atoms with van der Waals surface area (Å²) >= 11 is -13.1. The van der Waals surface area contributed by atoms with Gasteiger partial charge in [0.2, 0.25) is 0 Å². The average Bonchev–Trinajstić information content (AvgIpc) is 2.23. The average molecular weight is 853 g/mol. The van der Waals surface area contributed by atoms with Crippen LogP contribution in [-0.2, 0) is 22.7 Å². The van der Waals surface area contributed by atoms with Crippen molar-refractivity contribution in [2.75, 3.05) is 0 Å². The summed E-state index contributed by atoms with van der Waals surface area (Å²) in [5, 5.41) is 0. The quantitative estimate of drug-likeness (QED) is 0.207. The molecule has 0 aliphatic heterocycles. The Morgan fingerprint density at radius 2 is 0.400 bits per heavy atom. The van der Waals surface area contributed by atoms with Gasteiger partial charge in [0.15, 0.2) is 0 Å². The molecule has 0 atom stereocenters. The van der Waals surface area contributed by atoms with Gasteiger partial charge in [-0.15, -0.1) is 0 Å². The van der Waals surface area contributed by atoms with E-state index in [-0.39, 0.29) is 34.6 Å². The van der Waals surface area contributed by atoms with E-state index in [1.165, 1.54) is 0 Å². The minimum absolute atomic E-state index is 0. The normalized spacial score (nSPS) is 3.60. The molecule has 0 saturated carbocycles. The molecule has 0 aromatic carbocycles. The first-order valence-corrected chi connectivity index (χ1v) is 14.7. The van der Waals surface area contributed by atoms with Gasteiger partial charge in [-0.2, -0.15) is 0 Å². The molecule has 0 spiro atoms. The summed E-state index contributed by atoms with van der Waals surface area (Å²) in [5.41, 5.74) is 0. The Labute approximate surface area is 174 Å². The van der Waals surface area contributed by atoms with Gasteiger partial charge in [0.1, 0.15) is 0 Å². The second-order valence-electron chi connectivity index (χ2n) is 0.577. The molecule has 0 saturated heterocycles. The third kappa shape index (κ3) is 2150. The van der Waals surface area contributed by atoms with Crippen molar-refractivity contribution in [3.8, 4) is 0 Å². The zero-order valence-corrected chi connectivity index (χ0v) is 27.4. The Hall–Kier alpha value is 1.81. The Balaban J connectivity index is -0.0000000141. The molecule has 0 aliphatic carbocycles. The summed E-state index contributed by atoms with van der Waals surface area (Å²) in [6.45, 7) is 0. The first kappa shape index (κ1) is 49.5. The van der Waals surface area contributed by atoms with Crippen molar-refractivity contribution in [2.24, 2.45) is 0 Å². The second kappa shape index (κ2) is 134. The van der Waals surface area contributed by atoms with Crippen molar-refractivity contribution in [3.05, 3.63) is 0 Å². The van der Waals surface area contributed by atoms with Gasteiger partial charge in [0, 0.05) is 0 Å². The van der Waals surface area contributed by atoms with Crippen LogP contribution in [0.2, 0.25) is 0 Å². The van der Waals surface area contributed by atoms with E-state index in [2.05, 4.69) is 0 Å². The molecule has 12 nitrogen and oxygen atoms in total. The van der Waals surface area contributed by atoms with E-state index in [1.807, 2.05) is 0 Å². The summed E-state index contributed by atoms with van der Waals surface area (Å²) in [6.07, 6.45) is 0. The predicted molar refractivity (Wildman–Crippen MR) is 58.5 cm³/mol. The van der Waals surface area contributed by atoms with Crippen molar-refractivity contribution < 1.29 is 47.5 Å². The predicted octanol–water partition coefficient (Wildman–Crippen LogP) is -12.5. The maximum atomic E-state index is 8.53. The summed E-state index contributed by atoms with van der Waals surface area (Å²) < 4.78 is 102. The van der Waals surface area contributed by atoms with Gasteiger partial charge in [0.25, 0.3) is 0 Å². The van der Waals surface area contributed by atoms with E-state index in [9.17, 15) is 0 Å². The van der Waals surface area contributed by atoms with Gasteiger partial charge in [-0.1, -0.05) is 0 Å². The molecule has 2 radical (unpaired) electrons. The van der Waals surface area contributed by atoms with Crippen LogP contribution in [0.3, 0.4) is 0 Å². The third-order valence-corrected chi connectivity index (χ3v) is 0. The topological polar surface area (TPSA) is 241 Å². The molecule has 0 aromatic rings. The van der Waals surface area contributed by atoms with Gasteiger partial charge < -0.3 is 0 Å². The standard InChI is InChI=1S/B.Bi.6GeHO2/c;;6*2-1-3/h;;6*1H/q2*+3;6*-1. The molecule has 0 heterocycles. The fourth-order valence-corrected chi connectivity index (χ4v) is 0. The van der Waals surface area contributed by atoms with E-state index in [0.29, 0.717) is 0 Å². The molecule has 20 heteroatoms. The molecule has 0 amide bonds. The summed E-state index contributed by atoms with van der Waals surface area (Å²) in [4.78, 5) is 0. The van der Waals surface area contributed by atoms with Crippen LogP contribution in [-0.4, -0.2) is 129 Å². The number of rotatable bonds is 0. The zero-order chi connectivity index (χ0) is 16.2. The summed E-state index contributed by atoms with van der Waals surface area (Å²) in [5.74, 6) is 0. The summed E-state index contributed by atoms with van der Waals surface area (Å²) in [7, 11) is 0. The van der Waals surface area contributed by atoms with Gasteiger partial charge >= 0.3 is 176 Å². The number of hydrogen-bond acceptors (Lipinski definition) is 12. The maximum absolute atomic E-state index is 8.53. The Morgan fingerprint density at radius 3 is 0.400 bits per heavy atom. The molecular weight excluding hydrogens is 847 g/mol. The molecular formula is H6BBiGe6O12. The van der Waals surface area contributed by atoms with Crippen LogP contribution in [0.15, 0.2) is 0 Å². The molecule has 0 aliphatic rings. The van der Waals surface area contributed by atoms with Crippen molar-refractivity contribution >= 4 is 129 Å². The van der Waals surface area contributed by atoms with E-state index in [4.69, 9.17) is 47.5 Å². The van der Waals surface area contributed by atoms with Gasteiger partial charge in [0.05, 0.1) is 0 Å². The first-order chi connectivity index (χ1) is 8.49. The van der Waals surface area contributed by atoms with Crippen LogP contribution in [0.4, 0.5) is 0 Å². The second-order valence-corrected chi connectivity index (χ2v) is 3.00. The van der Waals surface area contributed by atoms with Crippen LogP contribution in [0.1, 0.15) is 0 Å². The van der Waals surface area contributed by atoms with E-state index in [1.54, 1.807) is 0 Å². The van der Waals surface area contributed by atoms with Crippen LogP contribution >= 0.6 is 0 Å². The summed E-state index contributed by atoms with van der Waals surface area (Å²) in [6, 6.07) is 0. The molecule has 20 heavy (non-hydrogen) atoms. The molecule has 0 aromatic heterocycles. The number of hydrogen-bond donors (Lipinski definition) is 0. The van der Waals surface area contributed by atoms with Crippen molar-refractivity contribution in [2.45, 2.75) is 0 Å². The van der Waals surface area contributed by atoms with E-state index >= 15 is 0 Å². The molecule has 0 rings (SSSR count). The van der Waals surface area contributed by atoms with Crippen LogP contribution < -0.4 is 24.8 Å². The van der Waals surface area contributed by atoms with Crippen LogP contribution in [0, 0.1) is 0 Å². The third-order valence-electron chi connectivity index (χ3n) is 0. The zero-order valence-electron chi connectivity index (χ0n) is 9.39. The Kier molecular flexibility index (Phi) is 332.